The monoisotopic (exact) mass is 286 g/mol. The zero-order valence-corrected chi connectivity index (χ0v) is 10.9. The third kappa shape index (κ3) is 4.23. The fourth-order valence-corrected chi connectivity index (χ4v) is 2.32. The number of hydrogen-bond donors (Lipinski definition) is 2. The van der Waals surface area contributed by atoms with E-state index in [0.717, 1.165) is 5.56 Å². The van der Waals surface area contributed by atoms with Gasteiger partial charge in [0.1, 0.15) is 6.04 Å². The van der Waals surface area contributed by atoms with Crippen molar-refractivity contribution < 1.29 is 18.0 Å². The second-order valence-electron chi connectivity index (χ2n) is 5.01. The maximum Gasteiger partial charge on any atom is 0.403 e. The Morgan fingerprint density at radius 2 is 1.95 bits per heavy atom. The second kappa shape index (κ2) is 6.26. The largest absolute Gasteiger partial charge is 0.403 e. The summed E-state index contributed by atoms with van der Waals surface area (Å²) in [5, 5.41) is 5.21. The number of rotatable bonds is 3. The Labute approximate surface area is 115 Å². The van der Waals surface area contributed by atoms with E-state index in [9.17, 15) is 18.0 Å². The van der Waals surface area contributed by atoms with Gasteiger partial charge in [0.05, 0.1) is 6.42 Å². The maximum atomic E-state index is 12.5. The molecule has 0 radical (unpaired) electrons. The van der Waals surface area contributed by atoms with Crippen LogP contribution in [0.25, 0.3) is 0 Å². The van der Waals surface area contributed by atoms with Gasteiger partial charge in [0.2, 0.25) is 5.91 Å². The van der Waals surface area contributed by atoms with E-state index in [0.29, 0.717) is 6.42 Å². The van der Waals surface area contributed by atoms with Gasteiger partial charge in [0.25, 0.3) is 0 Å². The molecule has 3 nitrogen and oxygen atoms in total. The lowest BCUT2D eigenvalue weighted by atomic mass is 10.00. The lowest BCUT2D eigenvalue weighted by Crippen LogP contribution is -2.54. The Bertz CT molecular complexity index is 439. The van der Waals surface area contributed by atoms with Gasteiger partial charge in [0, 0.05) is 12.6 Å². The van der Waals surface area contributed by atoms with Gasteiger partial charge in [-0.05, 0) is 18.4 Å². The summed E-state index contributed by atoms with van der Waals surface area (Å²) >= 11 is 0. The normalized spacial score (nSPS) is 23.4. The van der Waals surface area contributed by atoms with E-state index in [4.69, 9.17) is 0 Å². The van der Waals surface area contributed by atoms with Crippen molar-refractivity contribution in [2.75, 3.05) is 6.54 Å². The van der Waals surface area contributed by atoms with Crippen LogP contribution in [0.2, 0.25) is 0 Å². The Morgan fingerprint density at radius 1 is 1.25 bits per heavy atom. The molecular formula is C14H17F3N2O. The fraction of sp³-hybridized carbons (Fsp3) is 0.500. The highest BCUT2D eigenvalue weighted by Gasteiger charge is 2.41. The summed E-state index contributed by atoms with van der Waals surface area (Å²) in [4.78, 5) is 11.8. The van der Waals surface area contributed by atoms with E-state index in [1.54, 1.807) is 0 Å². The van der Waals surface area contributed by atoms with Gasteiger partial charge in [-0.25, -0.2) is 0 Å². The lowest BCUT2D eigenvalue weighted by Gasteiger charge is -2.31. The van der Waals surface area contributed by atoms with Crippen LogP contribution in [0.1, 0.15) is 18.4 Å². The van der Waals surface area contributed by atoms with Crippen molar-refractivity contribution in [2.45, 2.75) is 37.5 Å². The molecule has 1 aliphatic heterocycles. The SMILES string of the molecule is O=C(Cc1ccccc1)NC1CCC(C(F)(F)F)NC1. The number of halogens is 3. The van der Waals surface area contributed by atoms with Crippen LogP contribution >= 0.6 is 0 Å². The predicted octanol–water partition coefficient (Wildman–Crippen LogP) is 2.03. The number of carbonyl (C=O) groups excluding carboxylic acids is 1. The molecular weight excluding hydrogens is 269 g/mol. The van der Waals surface area contributed by atoms with E-state index in [-0.39, 0.29) is 31.3 Å². The summed E-state index contributed by atoms with van der Waals surface area (Å²) in [6.45, 7) is 0.157. The van der Waals surface area contributed by atoms with Crippen LogP contribution in [-0.4, -0.2) is 30.7 Å². The Hall–Kier alpha value is -1.56. The number of nitrogens with one attached hydrogen (secondary N) is 2. The highest BCUT2D eigenvalue weighted by Crippen LogP contribution is 2.26. The lowest BCUT2D eigenvalue weighted by molar-refractivity contribution is -0.161. The predicted molar refractivity (Wildman–Crippen MR) is 69.2 cm³/mol. The number of alkyl halides is 3. The fourth-order valence-electron chi connectivity index (χ4n) is 2.32. The average molecular weight is 286 g/mol. The number of amides is 1. The van der Waals surface area contributed by atoms with Crippen LogP contribution < -0.4 is 10.6 Å². The van der Waals surface area contributed by atoms with Crippen LogP contribution in [0.4, 0.5) is 13.2 Å². The molecule has 2 atom stereocenters. The first kappa shape index (κ1) is 14.8. The van der Waals surface area contributed by atoms with Crippen molar-refractivity contribution >= 4 is 5.91 Å². The minimum Gasteiger partial charge on any atom is -0.352 e. The third-order valence-corrected chi connectivity index (χ3v) is 3.38. The average Bonchev–Trinajstić information content (AvgIpc) is 2.39. The van der Waals surface area contributed by atoms with Crippen molar-refractivity contribution in [3.63, 3.8) is 0 Å². The molecule has 1 aliphatic rings. The molecule has 0 bridgehead atoms. The first-order valence-electron chi connectivity index (χ1n) is 6.58. The standard InChI is InChI=1S/C14H17F3N2O/c15-14(16,17)12-7-6-11(9-18-12)19-13(20)8-10-4-2-1-3-5-10/h1-5,11-12,18H,6-9H2,(H,19,20). The maximum absolute atomic E-state index is 12.5. The molecule has 2 unspecified atom stereocenters. The minimum atomic E-state index is -4.21. The summed E-state index contributed by atoms with van der Waals surface area (Å²) in [6.07, 6.45) is -3.61. The van der Waals surface area contributed by atoms with Gasteiger partial charge in [-0.15, -0.1) is 0 Å². The summed E-state index contributed by atoms with van der Waals surface area (Å²) < 4.78 is 37.4. The highest BCUT2D eigenvalue weighted by atomic mass is 19.4. The van der Waals surface area contributed by atoms with E-state index in [1.807, 2.05) is 30.3 Å². The molecule has 1 heterocycles. The van der Waals surface area contributed by atoms with E-state index in [2.05, 4.69) is 10.6 Å². The first-order chi connectivity index (χ1) is 9.45. The zero-order valence-electron chi connectivity index (χ0n) is 10.9. The van der Waals surface area contributed by atoms with Crippen LogP contribution in [0, 0.1) is 0 Å². The smallest absolute Gasteiger partial charge is 0.352 e. The van der Waals surface area contributed by atoms with Crippen molar-refractivity contribution in [3.05, 3.63) is 35.9 Å². The van der Waals surface area contributed by atoms with Crippen LogP contribution in [0.15, 0.2) is 30.3 Å². The van der Waals surface area contributed by atoms with E-state index >= 15 is 0 Å². The number of hydrogen-bond acceptors (Lipinski definition) is 2. The van der Waals surface area contributed by atoms with E-state index < -0.39 is 12.2 Å². The Balaban J connectivity index is 1.77. The number of benzene rings is 1. The van der Waals surface area contributed by atoms with Crippen molar-refractivity contribution in [1.82, 2.24) is 10.6 Å². The molecule has 1 saturated heterocycles. The molecule has 20 heavy (non-hydrogen) atoms. The number of piperidine rings is 1. The number of carbonyl (C=O) groups is 1. The van der Waals surface area contributed by atoms with Gasteiger partial charge in [0.15, 0.2) is 0 Å². The second-order valence-corrected chi connectivity index (χ2v) is 5.01. The van der Waals surface area contributed by atoms with Crippen molar-refractivity contribution in [2.24, 2.45) is 0 Å². The molecule has 1 fully saturated rings. The van der Waals surface area contributed by atoms with Gasteiger partial charge < -0.3 is 10.6 Å². The van der Waals surface area contributed by atoms with Crippen molar-refractivity contribution in [1.29, 1.82) is 0 Å². The molecule has 0 spiro atoms. The van der Waals surface area contributed by atoms with E-state index in [1.165, 1.54) is 0 Å². The summed E-state index contributed by atoms with van der Waals surface area (Å²) in [5.74, 6) is -0.159. The highest BCUT2D eigenvalue weighted by molar-refractivity contribution is 5.78. The molecule has 0 aromatic heterocycles. The molecule has 2 rings (SSSR count). The quantitative estimate of drug-likeness (QED) is 0.892. The topological polar surface area (TPSA) is 41.1 Å². The van der Waals surface area contributed by atoms with Crippen molar-refractivity contribution in [3.8, 4) is 0 Å². The molecule has 1 aromatic rings. The summed E-state index contributed by atoms with van der Waals surface area (Å²) in [7, 11) is 0. The zero-order chi connectivity index (χ0) is 14.6. The molecule has 6 heteroatoms. The minimum absolute atomic E-state index is 0.000215. The molecule has 1 aromatic carbocycles. The van der Waals surface area contributed by atoms with Gasteiger partial charge in [-0.2, -0.15) is 13.2 Å². The third-order valence-electron chi connectivity index (χ3n) is 3.38. The van der Waals surface area contributed by atoms with Gasteiger partial charge in [-0.3, -0.25) is 4.79 Å². The molecule has 2 N–H and O–H groups in total. The van der Waals surface area contributed by atoms with Crippen LogP contribution in [-0.2, 0) is 11.2 Å². The van der Waals surface area contributed by atoms with Crippen LogP contribution in [0.5, 0.6) is 0 Å². The van der Waals surface area contributed by atoms with Gasteiger partial charge >= 0.3 is 6.18 Å². The van der Waals surface area contributed by atoms with Gasteiger partial charge in [-0.1, -0.05) is 30.3 Å². The Morgan fingerprint density at radius 3 is 2.50 bits per heavy atom. The van der Waals surface area contributed by atoms with Crippen LogP contribution in [0.3, 0.4) is 0 Å². The summed E-state index contributed by atoms with van der Waals surface area (Å²) in [5.41, 5.74) is 0.891. The molecule has 0 aliphatic carbocycles. The molecule has 110 valence electrons. The molecule has 0 saturated carbocycles. The molecule has 1 amide bonds. The summed E-state index contributed by atoms with van der Waals surface area (Å²) in [6, 6.07) is 7.56. The Kier molecular flexibility index (Phi) is 4.65. The first-order valence-corrected chi connectivity index (χ1v) is 6.58.